The molecule has 0 saturated carbocycles. The van der Waals surface area contributed by atoms with Crippen molar-refractivity contribution in [3.05, 3.63) is 49.1 Å². The number of benzene rings is 1. The van der Waals surface area contributed by atoms with Crippen LogP contribution in [0, 0.1) is 0 Å². The summed E-state index contributed by atoms with van der Waals surface area (Å²) < 4.78 is 8.24. The van der Waals surface area contributed by atoms with Crippen molar-refractivity contribution in [3.8, 4) is 5.75 Å². The van der Waals surface area contributed by atoms with Gasteiger partial charge in [0.2, 0.25) is 5.95 Å². The fourth-order valence-corrected chi connectivity index (χ4v) is 3.11. The first-order valence-electron chi connectivity index (χ1n) is 7.95. The number of imidazole rings is 1. The molecule has 9 nitrogen and oxygen atoms in total. The second-order valence-corrected chi connectivity index (χ2v) is 6.67. The molecule has 2 aromatic heterocycles. The van der Waals surface area contributed by atoms with E-state index < -0.39 is 17.4 Å². The highest BCUT2D eigenvalue weighted by Gasteiger charge is 2.19. The number of hydrogen-bond donors (Lipinski definition) is 3. The lowest BCUT2D eigenvalue weighted by Gasteiger charge is -2.15. The number of aryl methyl sites for hydroxylation is 1. The van der Waals surface area contributed by atoms with Gasteiger partial charge >= 0.3 is 5.69 Å². The van der Waals surface area contributed by atoms with E-state index in [1.807, 2.05) is 0 Å². The second-order valence-electron chi connectivity index (χ2n) is 5.83. The van der Waals surface area contributed by atoms with Crippen molar-refractivity contribution < 1.29 is 9.84 Å². The zero-order valence-electron chi connectivity index (χ0n) is 14.5. The molecular formula is C16H17Cl2N5O4. The quantitative estimate of drug-likeness (QED) is 0.559. The zero-order chi connectivity index (χ0) is 19.7. The van der Waals surface area contributed by atoms with Crippen molar-refractivity contribution in [3.63, 3.8) is 0 Å². The number of aliphatic hydroxyl groups is 1. The first-order chi connectivity index (χ1) is 12.8. The molecule has 0 spiro atoms. The van der Waals surface area contributed by atoms with Crippen LogP contribution in [0.3, 0.4) is 0 Å². The molecule has 2 heterocycles. The highest BCUT2D eigenvalue weighted by Crippen LogP contribution is 2.27. The summed E-state index contributed by atoms with van der Waals surface area (Å²) in [6, 6.07) is 4.76. The SMILES string of the molecule is CNc1nc2c(c(=O)[nH]c(=O)n2C)n1C[C@H](O)COc1ccc(Cl)cc1Cl. The first kappa shape index (κ1) is 19.3. The molecule has 0 aliphatic rings. The molecule has 3 rings (SSSR count). The Bertz CT molecular complexity index is 1100. The van der Waals surface area contributed by atoms with Crippen LogP contribution < -0.4 is 21.3 Å². The number of aliphatic hydroxyl groups excluding tert-OH is 1. The molecule has 0 aliphatic carbocycles. The van der Waals surface area contributed by atoms with Crippen molar-refractivity contribution in [1.29, 1.82) is 0 Å². The third-order valence-corrected chi connectivity index (χ3v) is 4.48. The normalized spacial score (nSPS) is 12.3. The molecule has 27 heavy (non-hydrogen) atoms. The van der Waals surface area contributed by atoms with Gasteiger partial charge in [-0.3, -0.25) is 14.3 Å². The third-order valence-electron chi connectivity index (χ3n) is 3.95. The van der Waals surface area contributed by atoms with Crippen molar-refractivity contribution in [2.45, 2.75) is 12.6 Å². The molecular weight excluding hydrogens is 397 g/mol. The van der Waals surface area contributed by atoms with E-state index in [-0.39, 0.29) is 24.3 Å². The van der Waals surface area contributed by atoms with E-state index in [1.165, 1.54) is 22.2 Å². The van der Waals surface area contributed by atoms with Gasteiger partial charge in [-0.2, -0.15) is 4.98 Å². The van der Waals surface area contributed by atoms with Crippen LogP contribution in [0.5, 0.6) is 5.75 Å². The molecule has 0 bridgehead atoms. The minimum atomic E-state index is -0.974. The summed E-state index contributed by atoms with van der Waals surface area (Å²) in [5, 5.41) is 14.0. The number of anilines is 1. The van der Waals surface area contributed by atoms with Crippen molar-refractivity contribution >= 4 is 40.3 Å². The highest BCUT2D eigenvalue weighted by atomic mass is 35.5. The Balaban J connectivity index is 1.86. The number of fused-ring (bicyclic) bond motifs is 1. The van der Waals surface area contributed by atoms with Gasteiger partial charge in [0.1, 0.15) is 18.5 Å². The summed E-state index contributed by atoms with van der Waals surface area (Å²) in [5.41, 5.74) is -0.774. The number of aromatic nitrogens is 4. The Hall–Kier alpha value is -2.49. The van der Waals surface area contributed by atoms with E-state index in [2.05, 4.69) is 15.3 Å². The Labute approximate surface area is 163 Å². The molecule has 0 radical (unpaired) electrons. The van der Waals surface area contributed by atoms with Gasteiger partial charge < -0.3 is 19.7 Å². The summed E-state index contributed by atoms with van der Waals surface area (Å²) in [6.45, 7) is -0.0625. The van der Waals surface area contributed by atoms with E-state index in [4.69, 9.17) is 27.9 Å². The summed E-state index contributed by atoms with van der Waals surface area (Å²) in [7, 11) is 3.12. The summed E-state index contributed by atoms with van der Waals surface area (Å²) in [4.78, 5) is 30.5. The number of nitrogens with zero attached hydrogens (tertiary/aromatic N) is 3. The van der Waals surface area contributed by atoms with Crippen LogP contribution in [0.2, 0.25) is 10.0 Å². The standard InChI is InChI=1S/C16H17Cl2N5O4/c1-19-15-20-13-12(14(25)21-16(26)22(13)2)23(15)6-9(24)7-27-11-4-3-8(17)5-10(11)18/h3-5,9,24H,6-7H2,1-2H3,(H,19,20)(H,21,25,26)/t9-/m0/s1. The molecule has 3 aromatic rings. The van der Waals surface area contributed by atoms with Crippen LogP contribution in [-0.4, -0.2) is 44.0 Å². The topological polar surface area (TPSA) is 114 Å². The lowest BCUT2D eigenvalue weighted by Crippen LogP contribution is -2.30. The van der Waals surface area contributed by atoms with E-state index in [0.717, 1.165) is 0 Å². The summed E-state index contributed by atoms with van der Waals surface area (Å²) >= 11 is 11.9. The zero-order valence-corrected chi connectivity index (χ0v) is 16.0. The molecule has 0 amide bonds. The molecule has 11 heteroatoms. The van der Waals surface area contributed by atoms with E-state index in [9.17, 15) is 14.7 Å². The van der Waals surface area contributed by atoms with Crippen LogP contribution >= 0.6 is 23.2 Å². The largest absolute Gasteiger partial charge is 0.489 e. The molecule has 0 unspecified atom stereocenters. The van der Waals surface area contributed by atoms with Crippen molar-refractivity contribution in [2.75, 3.05) is 19.0 Å². The average Bonchev–Trinajstić information content (AvgIpc) is 2.98. The number of halogens is 2. The molecule has 3 N–H and O–H groups in total. The fourth-order valence-electron chi connectivity index (χ4n) is 2.64. The first-order valence-corrected chi connectivity index (χ1v) is 8.70. The van der Waals surface area contributed by atoms with Gasteiger partial charge in [-0.15, -0.1) is 0 Å². The molecule has 1 atom stereocenters. The lowest BCUT2D eigenvalue weighted by atomic mass is 10.3. The number of nitrogens with one attached hydrogen (secondary N) is 2. The Morgan fingerprint density at radius 1 is 1.37 bits per heavy atom. The monoisotopic (exact) mass is 413 g/mol. The molecule has 0 saturated heterocycles. The average molecular weight is 414 g/mol. The maximum Gasteiger partial charge on any atom is 0.329 e. The third kappa shape index (κ3) is 3.80. The Kier molecular flexibility index (Phi) is 5.45. The van der Waals surface area contributed by atoms with Crippen LogP contribution in [0.15, 0.2) is 27.8 Å². The van der Waals surface area contributed by atoms with Gasteiger partial charge in [0.05, 0.1) is 11.6 Å². The minimum Gasteiger partial charge on any atom is -0.489 e. The summed E-state index contributed by atoms with van der Waals surface area (Å²) in [5.74, 6) is 0.713. The Morgan fingerprint density at radius 3 is 2.78 bits per heavy atom. The number of rotatable bonds is 6. The van der Waals surface area contributed by atoms with Gasteiger partial charge in [-0.05, 0) is 18.2 Å². The van der Waals surface area contributed by atoms with E-state index in [0.29, 0.717) is 21.7 Å². The minimum absolute atomic E-state index is 0.0131. The van der Waals surface area contributed by atoms with Crippen molar-refractivity contribution in [2.24, 2.45) is 7.05 Å². The van der Waals surface area contributed by atoms with Crippen LogP contribution in [0.1, 0.15) is 0 Å². The smallest absolute Gasteiger partial charge is 0.329 e. The van der Waals surface area contributed by atoms with Gasteiger partial charge in [-0.1, -0.05) is 23.2 Å². The lowest BCUT2D eigenvalue weighted by molar-refractivity contribution is 0.0939. The van der Waals surface area contributed by atoms with Crippen LogP contribution in [0.25, 0.3) is 11.2 Å². The number of aromatic amines is 1. The Morgan fingerprint density at radius 2 is 2.11 bits per heavy atom. The maximum atomic E-state index is 12.2. The fraction of sp³-hybridized carbons (Fsp3) is 0.312. The van der Waals surface area contributed by atoms with Gasteiger partial charge in [0.25, 0.3) is 5.56 Å². The van der Waals surface area contributed by atoms with Crippen LogP contribution in [-0.2, 0) is 13.6 Å². The predicted molar refractivity (Wildman–Crippen MR) is 103 cm³/mol. The highest BCUT2D eigenvalue weighted by molar-refractivity contribution is 6.35. The van der Waals surface area contributed by atoms with Gasteiger partial charge in [-0.25, -0.2) is 4.79 Å². The van der Waals surface area contributed by atoms with E-state index >= 15 is 0 Å². The summed E-state index contributed by atoms with van der Waals surface area (Å²) in [6.07, 6.45) is -0.974. The second kappa shape index (κ2) is 7.63. The number of hydrogen-bond acceptors (Lipinski definition) is 6. The molecule has 1 aromatic carbocycles. The molecule has 144 valence electrons. The van der Waals surface area contributed by atoms with E-state index in [1.54, 1.807) is 19.2 Å². The predicted octanol–water partition coefficient (Wildman–Crippen LogP) is 1.21. The van der Waals surface area contributed by atoms with Gasteiger partial charge in [0, 0.05) is 19.1 Å². The molecule has 0 aliphatic heterocycles. The number of ether oxygens (including phenoxy) is 1. The van der Waals surface area contributed by atoms with Crippen molar-refractivity contribution in [1.82, 2.24) is 19.1 Å². The maximum absolute atomic E-state index is 12.2. The van der Waals surface area contributed by atoms with Crippen LogP contribution in [0.4, 0.5) is 5.95 Å². The number of H-pyrrole nitrogens is 1. The van der Waals surface area contributed by atoms with Gasteiger partial charge in [0.15, 0.2) is 11.2 Å². The molecule has 0 fully saturated rings.